The molecule has 1 atom stereocenters. The number of hydrogen-bond acceptors (Lipinski definition) is 6. The van der Waals surface area contributed by atoms with Crippen LogP contribution in [0, 0.1) is 11.3 Å². The van der Waals surface area contributed by atoms with Gasteiger partial charge in [0.25, 0.3) is 0 Å². The van der Waals surface area contributed by atoms with Crippen molar-refractivity contribution in [1.82, 2.24) is 15.5 Å². The first-order valence-corrected chi connectivity index (χ1v) is 10.6. The summed E-state index contributed by atoms with van der Waals surface area (Å²) in [6.07, 6.45) is 3.05. The van der Waals surface area contributed by atoms with E-state index in [0.29, 0.717) is 17.0 Å². The van der Waals surface area contributed by atoms with E-state index < -0.39 is 0 Å². The van der Waals surface area contributed by atoms with Crippen LogP contribution in [0.1, 0.15) is 34.2 Å². The van der Waals surface area contributed by atoms with E-state index in [-0.39, 0.29) is 6.10 Å². The van der Waals surface area contributed by atoms with E-state index >= 15 is 0 Å². The molecule has 1 N–H and O–H groups in total. The van der Waals surface area contributed by atoms with Crippen LogP contribution < -0.4 is 10.1 Å². The topological polar surface area (TPSA) is 84.0 Å². The normalized spacial score (nSPS) is 17.1. The van der Waals surface area contributed by atoms with Crippen molar-refractivity contribution in [2.45, 2.75) is 25.5 Å². The van der Waals surface area contributed by atoms with Crippen LogP contribution in [0.4, 0.5) is 0 Å². The molecule has 7 heteroatoms. The molecule has 0 radical (unpaired) electrons. The molecule has 0 amide bonds. The highest BCUT2D eigenvalue weighted by Gasteiger charge is 2.34. The van der Waals surface area contributed by atoms with Crippen LogP contribution in [0.2, 0.25) is 5.02 Å². The Balaban J connectivity index is 1.48. The maximum atomic E-state index is 9.36. The number of fused-ring (bicyclic) bond motifs is 3. The van der Waals surface area contributed by atoms with E-state index in [1.54, 1.807) is 12.3 Å². The van der Waals surface area contributed by atoms with Gasteiger partial charge in [-0.3, -0.25) is 4.98 Å². The number of pyridine rings is 1. The maximum Gasteiger partial charge on any atom is 0.182 e. The predicted molar refractivity (Wildman–Crippen MR) is 116 cm³/mol. The van der Waals surface area contributed by atoms with E-state index in [2.05, 4.69) is 21.5 Å². The SMILES string of the molecule is N#Cc1ccc2nccc(-c3cc(Cl)cc4c3OC(c3onc5c3CNCC5)C4)c2c1. The third-order valence-electron chi connectivity index (χ3n) is 5.99. The lowest BCUT2D eigenvalue weighted by Gasteiger charge is -2.15. The van der Waals surface area contributed by atoms with E-state index in [9.17, 15) is 5.26 Å². The molecule has 0 bridgehead atoms. The number of nitriles is 1. The monoisotopic (exact) mass is 428 g/mol. The molecule has 4 heterocycles. The summed E-state index contributed by atoms with van der Waals surface area (Å²) in [6, 6.07) is 13.5. The van der Waals surface area contributed by atoms with Gasteiger partial charge in [0.05, 0.1) is 22.8 Å². The minimum absolute atomic E-state index is 0.244. The average Bonchev–Trinajstić information content (AvgIpc) is 3.41. The molecule has 31 heavy (non-hydrogen) atoms. The Morgan fingerprint density at radius 1 is 1.16 bits per heavy atom. The average molecular weight is 429 g/mol. The molecule has 152 valence electrons. The minimum Gasteiger partial charge on any atom is -0.481 e. The molecule has 6 nitrogen and oxygen atoms in total. The van der Waals surface area contributed by atoms with Gasteiger partial charge in [0, 0.05) is 59.2 Å². The third kappa shape index (κ3) is 2.97. The third-order valence-corrected chi connectivity index (χ3v) is 6.21. The number of benzene rings is 2. The molecule has 4 aromatic rings. The fourth-order valence-corrected chi connectivity index (χ4v) is 4.78. The Morgan fingerprint density at radius 3 is 3.00 bits per heavy atom. The number of rotatable bonds is 2. The Hall–Kier alpha value is -3.40. The molecular formula is C24H17ClN4O2. The summed E-state index contributed by atoms with van der Waals surface area (Å²) in [5, 5.41) is 18.5. The number of hydrogen-bond donors (Lipinski definition) is 1. The maximum absolute atomic E-state index is 9.36. The molecule has 0 aliphatic carbocycles. The molecule has 2 aliphatic heterocycles. The fourth-order valence-electron chi connectivity index (χ4n) is 4.54. The van der Waals surface area contributed by atoms with Crippen molar-refractivity contribution in [2.75, 3.05) is 6.54 Å². The largest absolute Gasteiger partial charge is 0.481 e. The van der Waals surface area contributed by atoms with Gasteiger partial charge in [-0.15, -0.1) is 0 Å². The molecule has 0 fully saturated rings. The zero-order valence-corrected chi connectivity index (χ0v) is 17.2. The van der Waals surface area contributed by atoms with E-state index in [1.807, 2.05) is 30.3 Å². The summed E-state index contributed by atoms with van der Waals surface area (Å²) in [4.78, 5) is 4.45. The summed E-state index contributed by atoms with van der Waals surface area (Å²) < 4.78 is 12.2. The quantitative estimate of drug-likeness (QED) is 0.496. The zero-order valence-electron chi connectivity index (χ0n) is 16.5. The first-order chi connectivity index (χ1) is 15.2. The lowest BCUT2D eigenvalue weighted by molar-refractivity contribution is 0.189. The van der Waals surface area contributed by atoms with Gasteiger partial charge in [-0.1, -0.05) is 16.8 Å². The molecule has 2 aliphatic rings. The van der Waals surface area contributed by atoms with Gasteiger partial charge in [-0.05, 0) is 42.0 Å². The molecule has 0 spiro atoms. The van der Waals surface area contributed by atoms with Crippen LogP contribution in [0.15, 0.2) is 47.1 Å². The fraction of sp³-hybridized carbons (Fsp3) is 0.208. The van der Waals surface area contributed by atoms with Crippen LogP contribution in [0.5, 0.6) is 5.75 Å². The van der Waals surface area contributed by atoms with Gasteiger partial charge in [-0.2, -0.15) is 5.26 Å². The van der Waals surface area contributed by atoms with Crippen molar-refractivity contribution >= 4 is 22.5 Å². The molecule has 6 rings (SSSR count). The number of aromatic nitrogens is 2. The van der Waals surface area contributed by atoms with Gasteiger partial charge in [0.15, 0.2) is 11.9 Å². The molecule has 0 saturated carbocycles. The molecular weight excluding hydrogens is 412 g/mol. The van der Waals surface area contributed by atoms with E-state index in [1.165, 1.54) is 0 Å². The second kappa shape index (κ2) is 7.09. The van der Waals surface area contributed by atoms with Crippen LogP contribution in [-0.4, -0.2) is 16.7 Å². The molecule has 1 unspecified atom stereocenters. The zero-order chi connectivity index (χ0) is 20.9. The number of ether oxygens (including phenoxy) is 1. The minimum atomic E-state index is -0.244. The molecule has 0 saturated heterocycles. The van der Waals surface area contributed by atoms with Crippen molar-refractivity contribution in [3.63, 3.8) is 0 Å². The van der Waals surface area contributed by atoms with Crippen molar-refractivity contribution in [1.29, 1.82) is 5.26 Å². The number of nitrogens with zero attached hydrogens (tertiary/aromatic N) is 3. The van der Waals surface area contributed by atoms with Crippen LogP contribution in [0.3, 0.4) is 0 Å². The van der Waals surface area contributed by atoms with Crippen LogP contribution in [0.25, 0.3) is 22.0 Å². The van der Waals surface area contributed by atoms with Gasteiger partial charge >= 0.3 is 0 Å². The summed E-state index contributed by atoms with van der Waals surface area (Å²) in [5.74, 6) is 1.57. The smallest absolute Gasteiger partial charge is 0.182 e. The first-order valence-electron chi connectivity index (χ1n) is 10.2. The Kier molecular flexibility index (Phi) is 4.20. The van der Waals surface area contributed by atoms with Crippen molar-refractivity contribution in [2.24, 2.45) is 0 Å². The van der Waals surface area contributed by atoms with Crippen molar-refractivity contribution < 1.29 is 9.26 Å². The second-order valence-electron chi connectivity index (χ2n) is 7.85. The van der Waals surface area contributed by atoms with Crippen molar-refractivity contribution in [3.8, 4) is 22.9 Å². The summed E-state index contributed by atoms with van der Waals surface area (Å²) in [6.45, 7) is 1.65. The summed E-state index contributed by atoms with van der Waals surface area (Å²) >= 11 is 6.51. The highest BCUT2D eigenvalue weighted by molar-refractivity contribution is 6.31. The van der Waals surface area contributed by atoms with Crippen molar-refractivity contribution in [3.05, 3.63) is 75.8 Å². The lowest BCUT2D eigenvalue weighted by atomic mass is 9.96. The number of halogens is 1. The number of nitrogens with one attached hydrogen (secondary N) is 1. The lowest BCUT2D eigenvalue weighted by Crippen LogP contribution is -2.24. The highest BCUT2D eigenvalue weighted by Crippen LogP contribution is 2.47. The van der Waals surface area contributed by atoms with Gasteiger partial charge in [0.2, 0.25) is 0 Å². The first kappa shape index (κ1) is 18.4. The van der Waals surface area contributed by atoms with Gasteiger partial charge < -0.3 is 14.6 Å². The summed E-state index contributed by atoms with van der Waals surface area (Å²) in [7, 11) is 0. The Labute approximate surface area is 183 Å². The second-order valence-corrected chi connectivity index (χ2v) is 8.29. The van der Waals surface area contributed by atoms with E-state index in [0.717, 1.165) is 69.9 Å². The van der Waals surface area contributed by atoms with E-state index in [4.69, 9.17) is 20.9 Å². The van der Waals surface area contributed by atoms with Crippen LogP contribution >= 0.6 is 11.6 Å². The highest BCUT2D eigenvalue weighted by atomic mass is 35.5. The Bertz CT molecular complexity index is 1390. The van der Waals surface area contributed by atoms with Gasteiger partial charge in [-0.25, -0.2) is 0 Å². The summed E-state index contributed by atoms with van der Waals surface area (Å²) in [5.41, 5.74) is 6.36. The molecule has 2 aromatic carbocycles. The standard InChI is InChI=1S/C24H17ClN4O2/c25-15-8-14-9-22(24-19-12-27-5-4-21(19)29-31-24)30-23(14)18(10-15)16-3-6-28-20-2-1-13(11-26)7-17(16)20/h1-3,6-8,10,22,27H,4-5,9,12H2. The predicted octanol–water partition coefficient (Wildman–Crippen LogP) is 4.74. The van der Waals surface area contributed by atoms with Gasteiger partial charge in [0.1, 0.15) is 5.75 Å². The Morgan fingerprint density at radius 2 is 2.10 bits per heavy atom. The molecule has 2 aromatic heterocycles. The van der Waals surface area contributed by atoms with Crippen LogP contribution in [-0.2, 0) is 19.4 Å².